The molecule has 0 radical (unpaired) electrons. The third kappa shape index (κ3) is 4.48. The smallest absolute Gasteiger partial charge is 0.338 e. The molecule has 0 fully saturated rings. The van der Waals surface area contributed by atoms with Gasteiger partial charge >= 0.3 is 5.97 Å². The highest BCUT2D eigenvalue weighted by Gasteiger charge is 2.14. The number of nitrogens with one attached hydrogen (secondary N) is 1. The van der Waals surface area contributed by atoms with Gasteiger partial charge in [0.25, 0.3) is 0 Å². The van der Waals surface area contributed by atoms with Crippen LogP contribution in [-0.4, -0.2) is 18.2 Å². The molecule has 1 unspecified atom stereocenters. The van der Waals surface area contributed by atoms with Gasteiger partial charge in [-0.25, -0.2) is 9.18 Å². The van der Waals surface area contributed by atoms with Gasteiger partial charge < -0.3 is 15.2 Å². The molecule has 0 saturated heterocycles. The lowest BCUT2D eigenvalue weighted by Crippen LogP contribution is -2.18. The molecule has 0 aliphatic carbocycles. The number of fused-ring (bicyclic) bond motifs is 1. The molecule has 162 valence electrons. The second kappa shape index (κ2) is 9.20. The van der Waals surface area contributed by atoms with Crippen molar-refractivity contribution in [3.8, 4) is 16.9 Å². The van der Waals surface area contributed by atoms with E-state index in [4.69, 9.17) is 4.74 Å². The number of aromatic carboxylic acids is 1. The number of methoxy groups -OCH3 is 1. The van der Waals surface area contributed by atoms with E-state index in [1.807, 2.05) is 48.5 Å². The van der Waals surface area contributed by atoms with Crippen LogP contribution in [0.25, 0.3) is 21.9 Å². The van der Waals surface area contributed by atoms with Crippen LogP contribution in [0.5, 0.6) is 5.75 Å². The highest BCUT2D eigenvalue weighted by molar-refractivity contribution is 5.98. The van der Waals surface area contributed by atoms with Crippen molar-refractivity contribution < 1.29 is 19.0 Å². The molecule has 0 aliphatic rings. The maximum atomic E-state index is 14.0. The first-order chi connectivity index (χ1) is 15.5. The third-order valence-electron chi connectivity index (χ3n) is 5.64. The van der Waals surface area contributed by atoms with E-state index in [-0.39, 0.29) is 11.6 Å². The van der Waals surface area contributed by atoms with Crippen LogP contribution in [0, 0.1) is 5.82 Å². The first-order valence-electron chi connectivity index (χ1n) is 10.4. The monoisotopic (exact) mass is 429 g/mol. The molecular formula is C27H24FNO3. The van der Waals surface area contributed by atoms with E-state index < -0.39 is 11.8 Å². The van der Waals surface area contributed by atoms with Crippen molar-refractivity contribution in [3.05, 3.63) is 101 Å². The summed E-state index contributed by atoms with van der Waals surface area (Å²) in [5.74, 6) is -1.20. The van der Waals surface area contributed by atoms with Crippen molar-refractivity contribution in [2.45, 2.75) is 19.5 Å². The zero-order valence-electron chi connectivity index (χ0n) is 17.9. The fourth-order valence-corrected chi connectivity index (χ4v) is 3.87. The van der Waals surface area contributed by atoms with Gasteiger partial charge in [0.2, 0.25) is 0 Å². The van der Waals surface area contributed by atoms with Crippen LogP contribution in [0.15, 0.2) is 78.9 Å². The predicted molar refractivity (Wildman–Crippen MR) is 125 cm³/mol. The summed E-state index contributed by atoms with van der Waals surface area (Å²) in [7, 11) is 1.65. The lowest BCUT2D eigenvalue weighted by atomic mass is 9.94. The second-order valence-corrected chi connectivity index (χ2v) is 7.74. The van der Waals surface area contributed by atoms with E-state index in [2.05, 4.69) is 24.4 Å². The van der Waals surface area contributed by atoms with Crippen LogP contribution in [0.4, 0.5) is 4.39 Å². The zero-order valence-corrected chi connectivity index (χ0v) is 17.9. The molecule has 0 spiro atoms. The van der Waals surface area contributed by atoms with Crippen LogP contribution >= 0.6 is 0 Å². The van der Waals surface area contributed by atoms with Gasteiger partial charge in [-0.15, -0.1) is 0 Å². The number of hydrogen-bond acceptors (Lipinski definition) is 3. The Bertz CT molecular complexity index is 1290. The largest absolute Gasteiger partial charge is 0.497 e. The Kier molecular flexibility index (Phi) is 6.19. The second-order valence-electron chi connectivity index (χ2n) is 7.74. The number of carboxylic acid groups (broad SMARTS) is 1. The van der Waals surface area contributed by atoms with Crippen LogP contribution in [-0.2, 0) is 6.54 Å². The summed E-state index contributed by atoms with van der Waals surface area (Å²) in [5, 5.41) is 14.9. The van der Waals surface area contributed by atoms with Crippen LogP contribution in [0.3, 0.4) is 0 Å². The predicted octanol–water partition coefficient (Wildman–Crippen LogP) is 6.20. The van der Waals surface area contributed by atoms with E-state index in [0.717, 1.165) is 33.2 Å². The maximum Gasteiger partial charge on any atom is 0.338 e. The fraction of sp³-hybridized carbons (Fsp3) is 0.148. The van der Waals surface area contributed by atoms with E-state index in [1.165, 1.54) is 12.1 Å². The molecule has 2 N–H and O–H groups in total. The van der Waals surface area contributed by atoms with E-state index in [0.29, 0.717) is 12.1 Å². The Balaban J connectivity index is 1.68. The average molecular weight is 429 g/mol. The van der Waals surface area contributed by atoms with Crippen molar-refractivity contribution in [2.24, 2.45) is 0 Å². The van der Waals surface area contributed by atoms with Gasteiger partial charge in [-0.1, -0.05) is 42.5 Å². The molecule has 4 nitrogen and oxygen atoms in total. The summed E-state index contributed by atoms with van der Waals surface area (Å²) >= 11 is 0. The van der Waals surface area contributed by atoms with Crippen molar-refractivity contribution in [2.75, 3.05) is 7.11 Å². The van der Waals surface area contributed by atoms with E-state index in [9.17, 15) is 14.3 Å². The summed E-state index contributed by atoms with van der Waals surface area (Å²) < 4.78 is 19.3. The molecule has 1 atom stereocenters. The minimum atomic E-state index is -1.28. The average Bonchev–Trinajstić information content (AvgIpc) is 2.82. The van der Waals surface area contributed by atoms with Crippen molar-refractivity contribution in [1.82, 2.24) is 5.32 Å². The zero-order chi connectivity index (χ0) is 22.7. The van der Waals surface area contributed by atoms with Crippen LogP contribution < -0.4 is 10.1 Å². The highest BCUT2D eigenvalue weighted by atomic mass is 19.1. The highest BCUT2D eigenvalue weighted by Crippen LogP contribution is 2.32. The number of ether oxygens (including phenoxy) is 1. The van der Waals surface area contributed by atoms with E-state index >= 15 is 0 Å². The molecule has 5 heteroatoms. The lowest BCUT2D eigenvalue weighted by Gasteiger charge is -2.17. The molecule has 0 aliphatic heterocycles. The summed E-state index contributed by atoms with van der Waals surface area (Å²) in [6, 6.07) is 24.4. The minimum absolute atomic E-state index is 0.101. The lowest BCUT2D eigenvalue weighted by molar-refractivity contribution is 0.0692. The van der Waals surface area contributed by atoms with Gasteiger partial charge in [-0.2, -0.15) is 0 Å². The summed E-state index contributed by atoms with van der Waals surface area (Å²) in [6.07, 6.45) is 0. The number of hydrogen-bond donors (Lipinski definition) is 2. The maximum absolute atomic E-state index is 14.0. The molecule has 4 rings (SSSR count). The standard InChI is InChI=1S/C27H24FNO3/c1-17(19-7-5-8-22(14-19)32-2)29-16-18-12-20-6-3-4-9-23(20)24(13-18)21-10-11-26(28)25(15-21)27(30)31/h3-15,17,29H,16H2,1-2H3,(H,30,31). The number of benzene rings is 4. The summed E-state index contributed by atoms with van der Waals surface area (Å²) in [6.45, 7) is 2.71. The number of carbonyl (C=O) groups is 1. The molecule has 4 aromatic carbocycles. The summed E-state index contributed by atoms with van der Waals surface area (Å²) in [5.41, 5.74) is 3.38. The van der Waals surface area contributed by atoms with Gasteiger partial charge in [0, 0.05) is 12.6 Å². The Hall–Kier alpha value is -3.70. The molecular weight excluding hydrogens is 405 g/mol. The van der Waals surface area contributed by atoms with Crippen LogP contribution in [0.2, 0.25) is 0 Å². The number of halogens is 1. The Morgan fingerprint density at radius 3 is 2.62 bits per heavy atom. The number of carboxylic acids is 1. The van der Waals surface area contributed by atoms with Gasteiger partial charge in [0.05, 0.1) is 12.7 Å². The van der Waals surface area contributed by atoms with Crippen molar-refractivity contribution in [1.29, 1.82) is 0 Å². The van der Waals surface area contributed by atoms with Gasteiger partial charge in [0.15, 0.2) is 0 Å². The summed E-state index contributed by atoms with van der Waals surface area (Å²) in [4.78, 5) is 11.4. The Morgan fingerprint density at radius 1 is 1.03 bits per heavy atom. The Morgan fingerprint density at radius 2 is 1.84 bits per heavy atom. The first-order valence-corrected chi connectivity index (χ1v) is 10.4. The number of rotatable bonds is 7. The van der Waals surface area contributed by atoms with E-state index in [1.54, 1.807) is 13.2 Å². The van der Waals surface area contributed by atoms with Gasteiger partial charge in [-0.3, -0.25) is 0 Å². The molecule has 0 heterocycles. The molecule has 0 aromatic heterocycles. The van der Waals surface area contributed by atoms with Gasteiger partial charge in [-0.05, 0) is 76.3 Å². The molecule has 0 amide bonds. The topological polar surface area (TPSA) is 58.6 Å². The van der Waals surface area contributed by atoms with Gasteiger partial charge in [0.1, 0.15) is 11.6 Å². The fourth-order valence-electron chi connectivity index (χ4n) is 3.87. The SMILES string of the molecule is COc1cccc(C(C)NCc2cc(-c3ccc(F)c(C(=O)O)c3)c3ccccc3c2)c1. The van der Waals surface area contributed by atoms with Crippen molar-refractivity contribution >= 4 is 16.7 Å². The Labute approximate surface area is 186 Å². The quantitative estimate of drug-likeness (QED) is 0.367. The third-order valence-corrected chi connectivity index (χ3v) is 5.64. The van der Waals surface area contributed by atoms with Crippen molar-refractivity contribution in [3.63, 3.8) is 0 Å². The molecule has 32 heavy (non-hydrogen) atoms. The van der Waals surface area contributed by atoms with Crippen LogP contribution in [0.1, 0.15) is 34.5 Å². The molecule has 0 bridgehead atoms. The first kappa shape index (κ1) is 21.5. The molecule has 0 saturated carbocycles. The minimum Gasteiger partial charge on any atom is -0.497 e. The normalized spacial score (nSPS) is 12.0. The molecule has 4 aromatic rings.